The van der Waals surface area contributed by atoms with Gasteiger partial charge in [-0.25, -0.2) is 0 Å². The molecule has 0 aliphatic carbocycles. The van der Waals surface area contributed by atoms with E-state index in [1.165, 1.54) is 17.5 Å². The average molecular weight is 217 g/mol. The van der Waals surface area contributed by atoms with E-state index in [0.29, 0.717) is 6.04 Å². The molecule has 1 rings (SSSR count). The summed E-state index contributed by atoms with van der Waals surface area (Å²) < 4.78 is 0. The first-order chi connectivity index (χ1) is 7.77. The molecule has 1 N–H and O–H groups in total. The van der Waals surface area contributed by atoms with Crippen LogP contribution < -0.4 is 5.32 Å². The largest absolute Gasteiger partial charge is 0.311 e. The van der Waals surface area contributed by atoms with Crippen molar-refractivity contribution in [2.24, 2.45) is 0 Å². The number of hydrogen-bond acceptors (Lipinski definition) is 1. The highest BCUT2D eigenvalue weighted by Crippen LogP contribution is 2.11. The Morgan fingerprint density at radius 2 is 2.12 bits per heavy atom. The minimum absolute atomic E-state index is 0.444. The van der Waals surface area contributed by atoms with Gasteiger partial charge in [0.1, 0.15) is 0 Å². The predicted molar refractivity (Wildman–Crippen MR) is 71.8 cm³/mol. The Kier molecular flexibility index (Phi) is 5.87. The van der Waals surface area contributed by atoms with E-state index < -0.39 is 0 Å². The van der Waals surface area contributed by atoms with Gasteiger partial charge < -0.3 is 5.32 Å². The summed E-state index contributed by atoms with van der Waals surface area (Å²) in [7, 11) is 0. The molecule has 0 spiro atoms. The van der Waals surface area contributed by atoms with E-state index in [4.69, 9.17) is 0 Å². The lowest BCUT2D eigenvalue weighted by Crippen LogP contribution is -2.28. The molecule has 0 aliphatic heterocycles. The van der Waals surface area contributed by atoms with Crippen molar-refractivity contribution in [3.8, 4) is 0 Å². The van der Waals surface area contributed by atoms with Crippen molar-refractivity contribution < 1.29 is 0 Å². The minimum atomic E-state index is 0.444. The topological polar surface area (TPSA) is 12.0 Å². The van der Waals surface area contributed by atoms with Crippen LogP contribution in [0.2, 0.25) is 0 Å². The van der Waals surface area contributed by atoms with E-state index >= 15 is 0 Å². The molecule has 1 unspecified atom stereocenters. The van der Waals surface area contributed by atoms with Crippen LogP contribution in [0.5, 0.6) is 0 Å². The van der Waals surface area contributed by atoms with Crippen molar-refractivity contribution in [2.75, 3.05) is 6.54 Å². The van der Waals surface area contributed by atoms with Crippen LogP contribution in [-0.2, 0) is 6.42 Å². The fourth-order valence-electron chi connectivity index (χ4n) is 1.83. The molecule has 0 saturated heterocycles. The first kappa shape index (κ1) is 13.0. The van der Waals surface area contributed by atoms with Crippen molar-refractivity contribution in [3.63, 3.8) is 0 Å². The molecule has 0 radical (unpaired) electrons. The molecule has 88 valence electrons. The molecule has 1 atom stereocenters. The Bertz CT molecular complexity index is 317. The third-order valence-electron chi connectivity index (χ3n) is 2.93. The maximum atomic E-state index is 3.89. The number of nitrogens with one attached hydrogen (secondary N) is 1. The van der Waals surface area contributed by atoms with Crippen LogP contribution in [-0.4, -0.2) is 12.6 Å². The summed E-state index contributed by atoms with van der Waals surface area (Å²) in [6.45, 7) is 9.33. The van der Waals surface area contributed by atoms with Crippen molar-refractivity contribution in [1.82, 2.24) is 5.32 Å². The molecule has 0 fully saturated rings. The highest BCUT2D eigenvalue weighted by Gasteiger charge is 2.04. The number of benzene rings is 1. The summed E-state index contributed by atoms with van der Waals surface area (Å²) in [6, 6.07) is 9.05. The van der Waals surface area contributed by atoms with Gasteiger partial charge in [0, 0.05) is 6.04 Å². The lowest BCUT2D eigenvalue weighted by molar-refractivity contribution is 0.553. The maximum Gasteiger partial charge on any atom is 0.0250 e. The molecular formula is C15H23N. The highest BCUT2D eigenvalue weighted by molar-refractivity contribution is 5.25. The second-order valence-corrected chi connectivity index (χ2v) is 4.26. The van der Waals surface area contributed by atoms with Crippen LogP contribution in [0.4, 0.5) is 0 Å². The van der Waals surface area contributed by atoms with Crippen molar-refractivity contribution in [2.45, 2.75) is 39.2 Å². The standard InChI is InChI=1S/C15H23N/c1-4-12-16-15(5-2)11-10-14-9-7-6-8-13(14)3/h5-9,15-16H,2,4,10-12H2,1,3H3. The number of aryl methyl sites for hydroxylation is 2. The van der Waals surface area contributed by atoms with Crippen LogP contribution in [0.1, 0.15) is 30.9 Å². The summed E-state index contributed by atoms with van der Waals surface area (Å²) in [5.74, 6) is 0. The van der Waals surface area contributed by atoms with Crippen LogP contribution in [0, 0.1) is 6.92 Å². The molecule has 1 heteroatoms. The van der Waals surface area contributed by atoms with Gasteiger partial charge in [-0.3, -0.25) is 0 Å². The summed E-state index contributed by atoms with van der Waals surface area (Å²) in [5, 5.41) is 3.49. The average Bonchev–Trinajstić information content (AvgIpc) is 2.31. The first-order valence-electron chi connectivity index (χ1n) is 6.18. The zero-order chi connectivity index (χ0) is 11.8. The molecule has 1 aromatic carbocycles. The van der Waals surface area contributed by atoms with E-state index in [-0.39, 0.29) is 0 Å². The highest BCUT2D eigenvalue weighted by atomic mass is 14.9. The first-order valence-corrected chi connectivity index (χ1v) is 6.18. The van der Waals surface area contributed by atoms with Gasteiger partial charge in [-0.1, -0.05) is 37.3 Å². The summed E-state index contributed by atoms with van der Waals surface area (Å²) in [4.78, 5) is 0. The predicted octanol–water partition coefficient (Wildman–Crippen LogP) is 3.48. The monoisotopic (exact) mass is 217 g/mol. The van der Waals surface area contributed by atoms with Crippen LogP contribution in [0.3, 0.4) is 0 Å². The van der Waals surface area contributed by atoms with Gasteiger partial charge in [0.25, 0.3) is 0 Å². The third kappa shape index (κ3) is 4.19. The third-order valence-corrected chi connectivity index (χ3v) is 2.93. The van der Waals surface area contributed by atoms with Crippen LogP contribution in [0.25, 0.3) is 0 Å². The zero-order valence-corrected chi connectivity index (χ0v) is 10.5. The second kappa shape index (κ2) is 7.24. The van der Waals surface area contributed by atoms with Crippen molar-refractivity contribution in [3.05, 3.63) is 48.0 Å². The summed E-state index contributed by atoms with van der Waals surface area (Å²) in [6.07, 6.45) is 5.46. The molecule has 0 aromatic heterocycles. The summed E-state index contributed by atoms with van der Waals surface area (Å²) in [5.41, 5.74) is 2.84. The molecule has 0 heterocycles. The van der Waals surface area contributed by atoms with Gasteiger partial charge in [0.2, 0.25) is 0 Å². The molecule has 0 aliphatic rings. The Balaban J connectivity index is 2.43. The number of hydrogen-bond donors (Lipinski definition) is 1. The molecule has 0 saturated carbocycles. The fourth-order valence-corrected chi connectivity index (χ4v) is 1.83. The fraction of sp³-hybridized carbons (Fsp3) is 0.467. The second-order valence-electron chi connectivity index (χ2n) is 4.26. The molecule has 16 heavy (non-hydrogen) atoms. The van der Waals surface area contributed by atoms with Gasteiger partial charge in [-0.15, -0.1) is 6.58 Å². The van der Waals surface area contributed by atoms with Crippen LogP contribution >= 0.6 is 0 Å². The molecular weight excluding hydrogens is 194 g/mol. The van der Waals surface area contributed by atoms with E-state index in [2.05, 4.69) is 50.0 Å². The molecule has 0 amide bonds. The van der Waals surface area contributed by atoms with E-state index in [1.54, 1.807) is 0 Å². The Morgan fingerprint density at radius 1 is 1.38 bits per heavy atom. The van der Waals surface area contributed by atoms with Gasteiger partial charge in [-0.2, -0.15) is 0 Å². The SMILES string of the molecule is C=CC(CCc1ccccc1C)NCCC. The quantitative estimate of drug-likeness (QED) is 0.689. The van der Waals surface area contributed by atoms with Gasteiger partial charge in [-0.05, 0) is 43.9 Å². The molecule has 1 nitrogen and oxygen atoms in total. The van der Waals surface area contributed by atoms with Gasteiger partial charge in [0.15, 0.2) is 0 Å². The smallest absolute Gasteiger partial charge is 0.0250 e. The van der Waals surface area contributed by atoms with Gasteiger partial charge in [0.05, 0.1) is 0 Å². The lowest BCUT2D eigenvalue weighted by atomic mass is 10.0. The zero-order valence-electron chi connectivity index (χ0n) is 10.5. The van der Waals surface area contributed by atoms with E-state index in [9.17, 15) is 0 Å². The Labute approximate surface area is 99.6 Å². The van der Waals surface area contributed by atoms with Crippen LogP contribution in [0.15, 0.2) is 36.9 Å². The summed E-state index contributed by atoms with van der Waals surface area (Å²) >= 11 is 0. The van der Waals surface area contributed by atoms with Crippen molar-refractivity contribution in [1.29, 1.82) is 0 Å². The van der Waals surface area contributed by atoms with E-state index in [0.717, 1.165) is 19.4 Å². The molecule has 0 bridgehead atoms. The normalized spacial score (nSPS) is 12.4. The minimum Gasteiger partial charge on any atom is -0.311 e. The number of rotatable bonds is 7. The van der Waals surface area contributed by atoms with E-state index in [1.807, 2.05) is 6.08 Å². The maximum absolute atomic E-state index is 3.89. The lowest BCUT2D eigenvalue weighted by Gasteiger charge is -2.14. The van der Waals surface area contributed by atoms with Crippen molar-refractivity contribution >= 4 is 0 Å². The van der Waals surface area contributed by atoms with Gasteiger partial charge >= 0.3 is 0 Å². The Morgan fingerprint density at radius 3 is 2.75 bits per heavy atom. The molecule has 1 aromatic rings. The Hall–Kier alpha value is -1.08.